The first-order valence-corrected chi connectivity index (χ1v) is 6.41. The number of carbonyl (C=O) groups is 2. The van der Waals surface area contributed by atoms with Gasteiger partial charge in [-0.1, -0.05) is 0 Å². The Balaban J connectivity index is 2.29. The van der Waals surface area contributed by atoms with Crippen LogP contribution in [0.1, 0.15) is 32.6 Å². The predicted octanol–water partition coefficient (Wildman–Crippen LogP) is -0.284. The van der Waals surface area contributed by atoms with Crippen molar-refractivity contribution in [2.45, 2.75) is 44.8 Å². The second-order valence-corrected chi connectivity index (χ2v) is 4.88. The fraction of sp³-hybridized carbons (Fsp3) is 0.833. The Kier molecular flexibility index (Phi) is 6.07. The van der Waals surface area contributed by atoms with Crippen LogP contribution >= 0.6 is 0 Å². The first-order chi connectivity index (χ1) is 8.50. The molecule has 0 saturated carbocycles. The van der Waals surface area contributed by atoms with Crippen LogP contribution in [0.15, 0.2) is 0 Å². The van der Waals surface area contributed by atoms with Gasteiger partial charge >= 0.3 is 5.97 Å². The monoisotopic (exact) mass is 258 g/mol. The van der Waals surface area contributed by atoms with Gasteiger partial charge in [0.2, 0.25) is 5.91 Å². The molecule has 0 aromatic rings. The minimum Gasteiger partial charge on any atom is -0.480 e. The van der Waals surface area contributed by atoms with Crippen molar-refractivity contribution in [2.24, 2.45) is 5.92 Å². The van der Waals surface area contributed by atoms with Crippen LogP contribution in [0, 0.1) is 5.92 Å². The van der Waals surface area contributed by atoms with Crippen LogP contribution in [0.5, 0.6) is 0 Å². The van der Waals surface area contributed by atoms with Crippen molar-refractivity contribution in [3.8, 4) is 0 Å². The highest BCUT2D eigenvalue weighted by Crippen LogP contribution is 2.15. The second-order valence-electron chi connectivity index (χ2n) is 4.88. The highest BCUT2D eigenvalue weighted by atomic mass is 16.4. The predicted molar refractivity (Wildman–Crippen MR) is 66.1 cm³/mol. The van der Waals surface area contributed by atoms with Crippen molar-refractivity contribution in [2.75, 3.05) is 13.1 Å². The van der Waals surface area contributed by atoms with Crippen LogP contribution in [-0.4, -0.2) is 47.3 Å². The minimum absolute atomic E-state index is 0.308. The van der Waals surface area contributed by atoms with E-state index < -0.39 is 18.1 Å². The van der Waals surface area contributed by atoms with Crippen molar-refractivity contribution in [3.63, 3.8) is 0 Å². The number of piperidine rings is 1. The molecule has 0 aromatic heterocycles. The molecule has 0 aliphatic carbocycles. The normalized spacial score (nSPS) is 23.1. The van der Waals surface area contributed by atoms with E-state index in [0.29, 0.717) is 12.3 Å². The van der Waals surface area contributed by atoms with Gasteiger partial charge in [-0.2, -0.15) is 0 Å². The van der Waals surface area contributed by atoms with E-state index in [4.69, 9.17) is 5.11 Å². The summed E-state index contributed by atoms with van der Waals surface area (Å²) in [5, 5.41) is 23.7. The molecule has 0 bridgehead atoms. The van der Waals surface area contributed by atoms with Gasteiger partial charge in [-0.25, -0.2) is 4.79 Å². The third kappa shape index (κ3) is 5.01. The zero-order chi connectivity index (χ0) is 13.5. The topological polar surface area (TPSA) is 98.7 Å². The Morgan fingerprint density at radius 1 is 1.50 bits per heavy atom. The van der Waals surface area contributed by atoms with Gasteiger partial charge in [-0.3, -0.25) is 4.79 Å². The van der Waals surface area contributed by atoms with Gasteiger partial charge in [0.1, 0.15) is 0 Å². The minimum atomic E-state index is -1.22. The van der Waals surface area contributed by atoms with Crippen LogP contribution in [0.25, 0.3) is 0 Å². The summed E-state index contributed by atoms with van der Waals surface area (Å²) in [6.45, 7) is 3.31. The van der Waals surface area contributed by atoms with Crippen molar-refractivity contribution in [3.05, 3.63) is 0 Å². The molecular formula is C12H22N2O4. The van der Waals surface area contributed by atoms with Crippen molar-refractivity contribution < 1.29 is 19.8 Å². The molecule has 1 amide bonds. The van der Waals surface area contributed by atoms with Crippen molar-refractivity contribution in [1.29, 1.82) is 0 Å². The van der Waals surface area contributed by atoms with Gasteiger partial charge in [0.25, 0.3) is 0 Å². The van der Waals surface area contributed by atoms with Crippen LogP contribution in [0.4, 0.5) is 0 Å². The molecule has 0 aromatic carbocycles. The number of carbonyl (C=O) groups excluding carboxylic acids is 1. The lowest BCUT2D eigenvalue weighted by molar-refractivity contribution is -0.144. The molecule has 1 rings (SSSR count). The molecule has 6 heteroatoms. The number of aliphatic hydroxyl groups is 1. The van der Waals surface area contributed by atoms with E-state index in [1.54, 1.807) is 0 Å². The Bertz CT molecular complexity index is 288. The van der Waals surface area contributed by atoms with E-state index in [0.717, 1.165) is 32.4 Å². The highest BCUT2D eigenvalue weighted by molar-refractivity contribution is 5.83. The molecule has 1 aliphatic rings. The van der Waals surface area contributed by atoms with E-state index >= 15 is 0 Å². The zero-order valence-corrected chi connectivity index (χ0v) is 10.7. The van der Waals surface area contributed by atoms with Crippen LogP contribution in [0.2, 0.25) is 0 Å². The van der Waals surface area contributed by atoms with Gasteiger partial charge in [0.15, 0.2) is 6.04 Å². The van der Waals surface area contributed by atoms with E-state index in [1.807, 2.05) is 0 Å². The molecule has 1 heterocycles. The molecular weight excluding hydrogens is 236 g/mol. The number of hydrogen-bond acceptors (Lipinski definition) is 4. The maximum absolute atomic E-state index is 11.6. The average Bonchev–Trinajstić information content (AvgIpc) is 2.34. The van der Waals surface area contributed by atoms with E-state index in [1.165, 1.54) is 6.92 Å². The van der Waals surface area contributed by atoms with Gasteiger partial charge in [0.05, 0.1) is 6.10 Å². The molecule has 104 valence electrons. The zero-order valence-electron chi connectivity index (χ0n) is 10.7. The maximum atomic E-state index is 11.6. The SMILES string of the molecule is C[C@@H](O)[C@H](NC(=O)CCC1CCCNC1)C(=O)O. The molecule has 1 fully saturated rings. The second kappa shape index (κ2) is 7.33. The Hall–Kier alpha value is -1.14. The number of carboxylic acids is 1. The van der Waals surface area contributed by atoms with E-state index in [9.17, 15) is 14.7 Å². The van der Waals surface area contributed by atoms with Crippen LogP contribution < -0.4 is 10.6 Å². The van der Waals surface area contributed by atoms with E-state index in [2.05, 4.69) is 10.6 Å². The third-order valence-corrected chi connectivity index (χ3v) is 3.24. The maximum Gasteiger partial charge on any atom is 0.328 e. The summed E-state index contributed by atoms with van der Waals surface area (Å²) in [6, 6.07) is -1.22. The summed E-state index contributed by atoms with van der Waals surface area (Å²) in [5.41, 5.74) is 0. The molecule has 3 atom stereocenters. The van der Waals surface area contributed by atoms with Crippen molar-refractivity contribution in [1.82, 2.24) is 10.6 Å². The fourth-order valence-corrected chi connectivity index (χ4v) is 2.14. The lowest BCUT2D eigenvalue weighted by Gasteiger charge is -2.23. The number of aliphatic carboxylic acids is 1. The number of nitrogens with one attached hydrogen (secondary N) is 2. The Morgan fingerprint density at radius 2 is 2.22 bits per heavy atom. The molecule has 1 unspecified atom stereocenters. The summed E-state index contributed by atoms with van der Waals surface area (Å²) >= 11 is 0. The van der Waals surface area contributed by atoms with Crippen LogP contribution in [-0.2, 0) is 9.59 Å². The molecule has 4 N–H and O–H groups in total. The number of amides is 1. The average molecular weight is 258 g/mol. The molecule has 1 aliphatic heterocycles. The lowest BCUT2D eigenvalue weighted by Crippen LogP contribution is -2.47. The summed E-state index contributed by atoms with van der Waals surface area (Å²) in [5.74, 6) is -1.04. The summed E-state index contributed by atoms with van der Waals surface area (Å²) < 4.78 is 0. The Morgan fingerprint density at radius 3 is 2.72 bits per heavy atom. The van der Waals surface area contributed by atoms with Crippen LogP contribution in [0.3, 0.4) is 0 Å². The van der Waals surface area contributed by atoms with Crippen molar-refractivity contribution >= 4 is 11.9 Å². The summed E-state index contributed by atoms with van der Waals surface area (Å²) in [4.78, 5) is 22.4. The first-order valence-electron chi connectivity index (χ1n) is 6.41. The molecule has 6 nitrogen and oxygen atoms in total. The quantitative estimate of drug-likeness (QED) is 0.525. The Labute approximate surface area is 107 Å². The molecule has 18 heavy (non-hydrogen) atoms. The number of hydrogen-bond donors (Lipinski definition) is 4. The largest absolute Gasteiger partial charge is 0.480 e. The molecule has 1 saturated heterocycles. The number of carboxylic acid groups (broad SMARTS) is 1. The first kappa shape index (κ1) is 14.9. The smallest absolute Gasteiger partial charge is 0.328 e. The molecule has 0 radical (unpaired) electrons. The van der Waals surface area contributed by atoms with Gasteiger partial charge in [-0.15, -0.1) is 0 Å². The lowest BCUT2D eigenvalue weighted by atomic mass is 9.94. The fourth-order valence-electron chi connectivity index (χ4n) is 2.14. The van der Waals surface area contributed by atoms with E-state index in [-0.39, 0.29) is 5.91 Å². The summed E-state index contributed by atoms with van der Waals surface area (Å²) in [6.07, 6.45) is 2.20. The van der Waals surface area contributed by atoms with Gasteiger partial charge in [-0.05, 0) is 45.2 Å². The molecule has 0 spiro atoms. The highest BCUT2D eigenvalue weighted by Gasteiger charge is 2.25. The number of rotatable bonds is 6. The number of aliphatic hydroxyl groups excluding tert-OH is 1. The standard InChI is InChI=1S/C12H22N2O4/c1-8(15)11(12(17)18)14-10(16)5-4-9-3-2-6-13-7-9/h8-9,11,13,15H,2-7H2,1H3,(H,14,16)(H,17,18)/t8-,9?,11+/m1/s1. The third-order valence-electron chi connectivity index (χ3n) is 3.24. The summed E-state index contributed by atoms with van der Waals surface area (Å²) in [7, 11) is 0. The van der Waals surface area contributed by atoms with Gasteiger partial charge < -0.3 is 20.8 Å². The van der Waals surface area contributed by atoms with Gasteiger partial charge in [0, 0.05) is 6.42 Å².